The SMILES string of the molecule is CCc1cccc(CC)c1NC(=O)c1cnc(C)[nH]c1=O. The van der Waals surface area contributed by atoms with E-state index in [1.807, 2.05) is 32.0 Å². The predicted octanol–water partition coefficient (Wildman–Crippen LogP) is 2.46. The largest absolute Gasteiger partial charge is 0.321 e. The summed E-state index contributed by atoms with van der Waals surface area (Å²) >= 11 is 0. The van der Waals surface area contributed by atoms with Gasteiger partial charge in [0.1, 0.15) is 11.4 Å². The van der Waals surface area contributed by atoms with Crippen molar-refractivity contribution >= 4 is 11.6 Å². The molecule has 1 aromatic heterocycles. The molecule has 2 rings (SSSR count). The first kappa shape index (κ1) is 15.0. The highest BCUT2D eigenvalue weighted by atomic mass is 16.2. The number of aromatic nitrogens is 2. The number of para-hydroxylation sites is 1. The molecule has 0 aliphatic rings. The van der Waals surface area contributed by atoms with Crippen LogP contribution in [0.3, 0.4) is 0 Å². The number of H-pyrrole nitrogens is 1. The minimum Gasteiger partial charge on any atom is -0.321 e. The van der Waals surface area contributed by atoms with Crippen LogP contribution in [-0.4, -0.2) is 15.9 Å². The zero-order valence-corrected chi connectivity index (χ0v) is 12.5. The topological polar surface area (TPSA) is 74.8 Å². The van der Waals surface area contributed by atoms with Crippen molar-refractivity contribution in [1.29, 1.82) is 0 Å². The van der Waals surface area contributed by atoms with E-state index in [9.17, 15) is 9.59 Å². The van der Waals surface area contributed by atoms with Gasteiger partial charge in [-0.15, -0.1) is 0 Å². The van der Waals surface area contributed by atoms with Crippen LogP contribution in [0.1, 0.15) is 41.2 Å². The van der Waals surface area contributed by atoms with Crippen molar-refractivity contribution in [3.63, 3.8) is 0 Å². The van der Waals surface area contributed by atoms with Gasteiger partial charge >= 0.3 is 0 Å². The van der Waals surface area contributed by atoms with E-state index < -0.39 is 11.5 Å². The van der Waals surface area contributed by atoms with Crippen LogP contribution in [-0.2, 0) is 12.8 Å². The van der Waals surface area contributed by atoms with Gasteiger partial charge in [-0.1, -0.05) is 32.0 Å². The molecule has 110 valence electrons. The van der Waals surface area contributed by atoms with Crippen LogP contribution in [0.5, 0.6) is 0 Å². The molecule has 0 aliphatic heterocycles. The van der Waals surface area contributed by atoms with Crippen LogP contribution in [0.2, 0.25) is 0 Å². The highest BCUT2D eigenvalue weighted by Crippen LogP contribution is 2.22. The lowest BCUT2D eigenvalue weighted by Crippen LogP contribution is -2.25. The fraction of sp³-hybridized carbons (Fsp3) is 0.312. The molecule has 0 unspecified atom stereocenters. The monoisotopic (exact) mass is 285 g/mol. The van der Waals surface area contributed by atoms with Gasteiger partial charge in [0.2, 0.25) is 0 Å². The van der Waals surface area contributed by atoms with E-state index in [2.05, 4.69) is 15.3 Å². The van der Waals surface area contributed by atoms with Crippen molar-refractivity contribution in [2.75, 3.05) is 5.32 Å². The van der Waals surface area contributed by atoms with Crippen LogP contribution >= 0.6 is 0 Å². The summed E-state index contributed by atoms with van der Waals surface area (Å²) in [7, 11) is 0. The molecule has 5 heteroatoms. The zero-order valence-electron chi connectivity index (χ0n) is 12.5. The summed E-state index contributed by atoms with van der Waals surface area (Å²) in [4.78, 5) is 30.6. The molecule has 0 radical (unpaired) electrons. The summed E-state index contributed by atoms with van der Waals surface area (Å²) in [6.07, 6.45) is 2.93. The van der Waals surface area contributed by atoms with Crippen LogP contribution in [0.15, 0.2) is 29.2 Å². The van der Waals surface area contributed by atoms with Gasteiger partial charge in [-0.3, -0.25) is 9.59 Å². The molecule has 0 fully saturated rings. The molecule has 1 aromatic carbocycles. The molecule has 5 nitrogen and oxygen atoms in total. The van der Waals surface area contributed by atoms with Crippen molar-refractivity contribution in [2.24, 2.45) is 0 Å². The number of hydrogen-bond donors (Lipinski definition) is 2. The molecule has 1 amide bonds. The Morgan fingerprint density at radius 3 is 2.38 bits per heavy atom. The minimum atomic E-state index is -0.431. The molecule has 21 heavy (non-hydrogen) atoms. The van der Waals surface area contributed by atoms with Crippen molar-refractivity contribution in [3.05, 3.63) is 57.3 Å². The predicted molar refractivity (Wildman–Crippen MR) is 82.7 cm³/mol. The summed E-state index contributed by atoms with van der Waals surface area (Å²) in [6.45, 7) is 5.74. The number of carbonyl (C=O) groups excluding carboxylic acids is 1. The van der Waals surface area contributed by atoms with Crippen molar-refractivity contribution in [1.82, 2.24) is 9.97 Å². The van der Waals surface area contributed by atoms with E-state index in [4.69, 9.17) is 0 Å². The fourth-order valence-corrected chi connectivity index (χ4v) is 2.23. The van der Waals surface area contributed by atoms with Gasteiger partial charge in [0.15, 0.2) is 0 Å². The smallest absolute Gasteiger partial charge is 0.263 e. The lowest BCUT2D eigenvalue weighted by Gasteiger charge is -2.14. The average Bonchev–Trinajstić information content (AvgIpc) is 2.47. The summed E-state index contributed by atoms with van der Waals surface area (Å²) in [6, 6.07) is 5.94. The number of aryl methyl sites for hydroxylation is 3. The minimum absolute atomic E-state index is 0.0218. The maximum absolute atomic E-state index is 12.3. The lowest BCUT2D eigenvalue weighted by atomic mass is 10.0. The van der Waals surface area contributed by atoms with E-state index in [0.717, 1.165) is 29.7 Å². The quantitative estimate of drug-likeness (QED) is 0.906. The van der Waals surface area contributed by atoms with Crippen LogP contribution < -0.4 is 10.9 Å². The molecular weight excluding hydrogens is 266 g/mol. The molecular formula is C16H19N3O2. The molecule has 0 atom stereocenters. The van der Waals surface area contributed by atoms with Gasteiger partial charge in [0.05, 0.1) is 0 Å². The Kier molecular flexibility index (Phi) is 4.52. The van der Waals surface area contributed by atoms with E-state index in [0.29, 0.717) is 5.82 Å². The number of aromatic amines is 1. The van der Waals surface area contributed by atoms with E-state index in [1.54, 1.807) is 6.92 Å². The number of carbonyl (C=O) groups is 1. The highest BCUT2D eigenvalue weighted by Gasteiger charge is 2.15. The molecule has 2 aromatic rings. The van der Waals surface area contributed by atoms with Crippen LogP contribution in [0, 0.1) is 6.92 Å². The zero-order chi connectivity index (χ0) is 15.4. The van der Waals surface area contributed by atoms with Gasteiger partial charge in [-0.25, -0.2) is 4.98 Å². The second-order valence-electron chi connectivity index (χ2n) is 4.82. The lowest BCUT2D eigenvalue weighted by molar-refractivity contribution is 0.102. The second kappa shape index (κ2) is 6.35. The maximum Gasteiger partial charge on any atom is 0.263 e. The number of benzene rings is 1. The van der Waals surface area contributed by atoms with Crippen molar-refractivity contribution in [2.45, 2.75) is 33.6 Å². The summed E-state index contributed by atoms with van der Waals surface area (Å²) < 4.78 is 0. The van der Waals surface area contributed by atoms with Gasteiger partial charge in [-0.2, -0.15) is 0 Å². The Hall–Kier alpha value is -2.43. The molecule has 0 saturated carbocycles. The number of nitrogens with one attached hydrogen (secondary N) is 2. The molecule has 0 bridgehead atoms. The third-order valence-electron chi connectivity index (χ3n) is 3.41. The first-order valence-electron chi connectivity index (χ1n) is 7.04. The van der Waals surface area contributed by atoms with Crippen LogP contribution in [0.25, 0.3) is 0 Å². The summed E-state index contributed by atoms with van der Waals surface area (Å²) in [5.41, 5.74) is 2.51. The molecule has 1 heterocycles. The second-order valence-corrected chi connectivity index (χ2v) is 4.82. The summed E-state index contributed by atoms with van der Waals surface area (Å²) in [5, 5.41) is 2.86. The summed E-state index contributed by atoms with van der Waals surface area (Å²) in [5.74, 6) is 0.0547. The van der Waals surface area contributed by atoms with E-state index >= 15 is 0 Å². The first-order valence-corrected chi connectivity index (χ1v) is 7.04. The number of anilines is 1. The first-order chi connectivity index (χ1) is 10.1. The normalized spacial score (nSPS) is 10.4. The number of rotatable bonds is 4. The van der Waals surface area contributed by atoms with E-state index in [-0.39, 0.29) is 5.56 Å². The van der Waals surface area contributed by atoms with Gasteiger partial charge in [-0.05, 0) is 30.9 Å². The number of nitrogens with zero attached hydrogens (tertiary/aromatic N) is 1. The fourth-order valence-electron chi connectivity index (χ4n) is 2.23. The van der Waals surface area contributed by atoms with Crippen molar-refractivity contribution in [3.8, 4) is 0 Å². The number of amides is 1. The number of hydrogen-bond acceptors (Lipinski definition) is 3. The Balaban J connectivity index is 2.38. The van der Waals surface area contributed by atoms with Crippen LogP contribution in [0.4, 0.5) is 5.69 Å². The van der Waals surface area contributed by atoms with Gasteiger partial charge in [0, 0.05) is 11.9 Å². The van der Waals surface area contributed by atoms with Gasteiger partial charge < -0.3 is 10.3 Å². The molecule has 0 aliphatic carbocycles. The van der Waals surface area contributed by atoms with E-state index in [1.165, 1.54) is 6.20 Å². The standard InChI is InChI=1S/C16H19N3O2/c1-4-11-7-6-8-12(5-2)14(11)19-16(21)13-9-17-10(3)18-15(13)20/h6-9H,4-5H2,1-3H3,(H,19,21)(H,17,18,20). The Labute approximate surface area is 123 Å². The van der Waals surface area contributed by atoms with Crippen molar-refractivity contribution < 1.29 is 4.79 Å². The maximum atomic E-state index is 12.3. The average molecular weight is 285 g/mol. The third kappa shape index (κ3) is 3.18. The Morgan fingerprint density at radius 2 is 1.86 bits per heavy atom. The Morgan fingerprint density at radius 1 is 1.24 bits per heavy atom. The highest BCUT2D eigenvalue weighted by molar-refractivity contribution is 6.04. The third-order valence-corrected chi connectivity index (χ3v) is 3.41. The Bertz CT molecular complexity index is 697. The molecule has 2 N–H and O–H groups in total. The molecule has 0 saturated heterocycles. The van der Waals surface area contributed by atoms with Gasteiger partial charge in [0.25, 0.3) is 11.5 Å². The molecule has 0 spiro atoms.